The molecule has 2 aromatic rings. The van der Waals surface area contributed by atoms with Gasteiger partial charge >= 0.3 is 5.97 Å². The first-order chi connectivity index (χ1) is 7.66. The molecule has 0 saturated heterocycles. The molecule has 2 heterocycles. The molecule has 6 nitrogen and oxygen atoms in total. The lowest BCUT2D eigenvalue weighted by Crippen LogP contribution is -2.24. The smallest absolute Gasteiger partial charge is 0.356 e. The van der Waals surface area contributed by atoms with E-state index in [-0.39, 0.29) is 17.8 Å². The Kier molecular flexibility index (Phi) is 2.55. The third kappa shape index (κ3) is 2.00. The fraction of sp³-hybridized carbons (Fsp3) is 0.100. The maximum Gasteiger partial charge on any atom is 0.356 e. The molecule has 2 aromatic heterocycles. The van der Waals surface area contributed by atoms with Crippen LogP contribution in [0.1, 0.15) is 16.1 Å². The molecule has 0 unspecified atom stereocenters. The number of aromatic carboxylic acids is 1. The van der Waals surface area contributed by atoms with E-state index in [0.29, 0.717) is 0 Å². The number of hydrogen-bond donors (Lipinski definition) is 1. The number of rotatable bonds is 3. The predicted octanol–water partition coefficient (Wildman–Crippen LogP) is 0.583. The fourth-order valence-electron chi connectivity index (χ4n) is 1.23. The van der Waals surface area contributed by atoms with Crippen molar-refractivity contribution < 1.29 is 14.3 Å². The minimum Gasteiger partial charge on any atom is -0.476 e. The standard InChI is InChI=1S/C10H8N2O4/c13-9-2-1-8(10(14)15)11-12(9)5-7-3-4-16-6-7/h1-4,6H,5H2,(H,14,15). The second kappa shape index (κ2) is 4.01. The van der Waals surface area contributed by atoms with Crippen LogP contribution in [0.2, 0.25) is 0 Å². The molecule has 0 aliphatic carbocycles. The predicted molar refractivity (Wildman–Crippen MR) is 53.3 cm³/mol. The monoisotopic (exact) mass is 220 g/mol. The Morgan fingerprint density at radius 3 is 2.88 bits per heavy atom. The molecule has 0 radical (unpaired) electrons. The van der Waals surface area contributed by atoms with E-state index in [1.54, 1.807) is 6.07 Å². The molecule has 0 spiro atoms. The highest BCUT2D eigenvalue weighted by molar-refractivity contribution is 5.84. The van der Waals surface area contributed by atoms with Gasteiger partial charge in [0.15, 0.2) is 5.69 Å². The zero-order chi connectivity index (χ0) is 11.5. The molecule has 0 fully saturated rings. The Labute approximate surface area is 89.7 Å². The fourth-order valence-corrected chi connectivity index (χ4v) is 1.23. The zero-order valence-electron chi connectivity index (χ0n) is 8.16. The summed E-state index contributed by atoms with van der Waals surface area (Å²) in [7, 11) is 0. The van der Waals surface area contributed by atoms with Gasteiger partial charge in [0.1, 0.15) is 0 Å². The van der Waals surface area contributed by atoms with Crippen LogP contribution >= 0.6 is 0 Å². The molecule has 2 rings (SSSR count). The molecule has 6 heteroatoms. The largest absolute Gasteiger partial charge is 0.476 e. The van der Waals surface area contributed by atoms with Gasteiger partial charge in [0.05, 0.1) is 19.1 Å². The van der Waals surface area contributed by atoms with Crippen molar-refractivity contribution in [2.75, 3.05) is 0 Å². The molecule has 0 aliphatic heterocycles. The molecule has 16 heavy (non-hydrogen) atoms. The zero-order valence-corrected chi connectivity index (χ0v) is 8.16. The van der Waals surface area contributed by atoms with E-state index in [4.69, 9.17) is 9.52 Å². The summed E-state index contributed by atoms with van der Waals surface area (Å²) < 4.78 is 5.92. The van der Waals surface area contributed by atoms with Crippen LogP contribution in [0.5, 0.6) is 0 Å². The summed E-state index contributed by atoms with van der Waals surface area (Å²) in [4.78, 5) is 22.1. The maximum atomic E-state index is 11.4. The second-order valence-corrected chi connectivity index (χ2v) is 3.15. The maximum absolute atomic E-state index is 11.4. The molecule has 1 N–H and O–H groups in total. The molecule has 0 aromatic carbocycles. The number of furan rings is 1. The van der Waals surface area contributed by atoms with Crippen molar-refractivity contribution in [3.8, 4) is 0 Å². The van der Waals surface area contributed by atoms with Gasteiger partial charge in [-0.1, -0.05) is 0 Å². The molecular formula is C10H8N2O4. The summed E-state index contributed by atoms with van der Waals surface area (Å²) in [5.74, 6) is -1.17. The Morgan fingerprint density at radius 1 is 1.44 bits per heavy atom. The van der Waals surface area contributed by atoms with Crippen molar-refractivity contribution in [2.45, 2.75) is 6.54 Å². The number of carboxylic acids is 1. The lowest BCUT2D eigenvalue weighted by Gasteiger charge is -2.02. The summed E-state index contributed by atoms with van der Waals surface area (Å²) in [6.45, 7) is 0.191. The quantitative estimate of drug-likeness (QED) is 0.817. The molecule has 0 aliphatic rings. The highest BCUT2D eigenvalue weighted by Crippen LogP contribution is 2.01. The van der Waals surface area contributed by atoms with Crippen LogP contribution in [0.4, 0.5) is 0 Å². The second-order valence-electron chi connectivity index (χ2n) is 3.15. The highest BCUT2D eigenvalue weighted by atomic mass is 16.4. The Bertz CT molecular complexity index is 556. The van der Waals surface area contributed by atoms with E-state index in [9.17, 15) is 9.59 Å². The Hall–Kier alpha value is -2.37. The van der Waals surface area contributed by atoms with E-state index in [2.05, 4.69) is 5.10 Å². The topological polar surface area (TPSA) is 85.3 Å². The van der Waals surface area contributed by atoms with Crippen LogP contribution in [0, 0.1) is 0 Å². The van der Waals surface area contributed by atoms with Crippen molar-refractivity contribution >= 4 is 5.97 Å². The van der Waals surface area contributed by atoms with E-state index >= 15 is 0 Å². The number of hydrogen-bond acceptors (Lipinski definition) is 4. The molecule has 0 amide bonds. The molecule has 0 bridgehead atoms. The third-order valence-corrected chi connectivity index (χ3v) is 2.00. The van der Waals surface area contributed by atoms with Crippen LogP contribution in [-0.4, -0.2) is 20.9 Å². The van der Waals surface area contributed by atoms with Crippen LogP contribution in [0.3, 0.4) is 0 Å². The van der Waals surface area contributed by atoms with Gasteiger partial charge in [0.25, 0.3) is 5.56 Å². The van der Waals surface area contributed by atoms with Crippen LogP contribution < -0.4 is 5.56 Å². The van der Waals surface area contributed by atoms with Crippen molar-refractivity contribution in [3.05, 3.63) is 52.3 Å². The number of carboxylic acid groups (broad SMARTS) is 1. The lowest BCUT2D eigenvalue weighted by molar-refractivity contribution is 0.0687. The number of aromatic nitrogens is 2. The van der Waals surface area contributed by atoms with Crippen molar-refractivity contribution in [2.24, 2.45) is 0 Å². The van der Waals surface area contributed by atoms with Gasteiger partial charge in [-0.15, -0.1) is 0 Å². The lowest BCUT2D eigenvalue weighted by atomic mass is 10.3. The highest BCUT2D eigenvalue weighted by Gasteiger charge is 2.07. The summed E-state index contributed by atoms with van der Waals surface area (Å²) in [5, 5.41) is 12.4. The van der Waals surface area contributed by atoms with Crippen LogP contribution in [0.15, 0.2) is 39.9 Å². The first-order valence-corrected chi connectivity index (χ1v) is 4.49. The van der Waals surface area contributed by atoms with Crippen LogP contribution in [-0.2, 0) is 6.54 Å². The van der Waals surface area contributed by atoms with Crippen molar-refractivity contribution in [1.82, 2.24) is 9.78 Å². The van der Waals surface area contributed by atoms with Gasteiger partial charge in [0.2, 0.25) is 0 Å². The van der Waals surface area contributed by atoms with Gasteiger partial charge in [-0.05, 0) is 12.1 Å². The summed E-state index contributed by atoms with van der Waals surface area (Å²) >= 11 is 0. The van der Waals surface area contributed by atoms with Crippen molar-refractivity contribution in [1.29, 1.82) is 0 Å². The first kappa shape index (κ1) is 10.2. The van der Waals surface area contributed by atoms with Crippen LogP contribution in [0.25, 0.3) is 0 Å². The Balaban J connectivity index is 2.36. The normalized spacial score (nSPS) is 10.2. The minimum atomic E-state index is -1.17. The minimum absolute atomic E-state index is 0.164. The molecular weight excluding hydrogens is 212 g/mol. The third-order valence-electron chi connectivity index (χ3n) is 2.00. The van der Waals surface area contributed by atoms with E-state index < -0.39 is 5.97 Å². The number of carbonyl (C=O) groups is 1. The number of nitrogens with zero attached hydrogens (tertiary/aromatic N) is 2. The van der Waals surface area contributed by atoms with Gasteiger partial charge < -0.3 is 9.52 Å². The average molecular weight is 220 g/mol. The van der Waals surface area contributed by atoms with Gasteiger partial charge in [-0.3, -0.25) is 4.79 Å². The first-order valence-electron chi connectivity index (χ1n) is 4.49. The molecule has 0 atom stereocenters. The summed E-state index contributed by atoms with van der Waals surface area (Å²) in [5.41, 5.74) is 0.228. The molecule has 0 saturated carbocycles. The Morgan fingerprint density at radius 2 is 2.25 bits per heavy atom. The van der Waals surface area contributed by atoms with Gasteiger partial charge in [-0.25, -0.2) is 9.48 Å². The average Bonchev–Trinajstić information content (AvgIpc) is 2.73. The van der Waals surface area contributed by atoms with E-state index in [0.717, 1.165) is 10.2 Å². The van der Waals surface area contributed by atoms with E-state index in [1.807, 2.05) is 0 Å². The van der Waals surface area contributed by atoms with Gasteiger partial charge in [0, 0.05) is 11.6 Å². The van der Waals surface area contributed by atoms with Crippen molar-refractivity contribution in [3.63, 3.8) is 0 Å². The van der Waals surface area contributed by atoms with E-state index in [1.165, 1.54) is 24.7 Å². The summed E-state index contributed by atoms with van der Waals surface area (Å²) in [6, 6.07) is 4.04. The van der Waals surface area contributed by atoms with Gasteiger partial charge in [-0.2, -0.15) is 5.10 Å². The molecule has 82 valence electrons. The SMILES string of the molecule is O=C(O)c1ccc(=O)n(Cc2ccoc2)n1. The summed E-state index contributed by atoms with van der Waals surface area (Å²) in [6.07, 6.45) is 2.95.